The van der Waals surface area contributed by atoms with Crippen molar-refractivity contribution < 1.29 is 18.7 Å². The highest BCUT2D eigenvalue weighted by Gasteiger charge is 2.44. The van der Waals surface area contributed by atoms with Crippen LogP contribution in [-0.2, 0) is 6.61 Å². The molecule has 1 atom stereocenters. The molecule has 1 unspecified atom stereocenters. The zero-order valence-corrected chi connectivity index (χ0v) is 21.9. The van der Waals surface area contributed by atoms with Gasteiger partial charge in [-0.1, -0.05) is 48.5 Å². The Bertz CT molecular complexity index is 1770. The molecular formula is C33H27NO5. The molecule has 6 heteroatoms. The van der Waals surface area contributed by atoms with E-state index in [2.05, 4.69) is 0 Å². The quantitative estimate of drug-likeness (QED) is 0.249. The van der Waals surface area contributed by atoms with Crippen LogP contribution in [0.15, 0.2) is 100 Å². The molecule has 1 aromatic heterocycles. The molecule has 0 aliphatic carbocycles. The number of ether oxygens (including phenoxy) is 2. The maximum Gasteiger partial charge on any atom is 0.295 e. The number of fused-ring (bicyclic) bond motifs is 2. The van der Waals surface area contributed by atoms with Crippen LogP contribution in [0.2, 0.25) is 0 Å². The van der Waals surface area contributed by atoms with Crippen molar-refractivity contribution >= 4 is 22.6 Å². The third kappa shape index (κ3) is 4.34. The molecule has 194 valence electrons. The number of carbonyl (C=O) groups is 1. The molecule has 0 radical (unpaired) electrons. The van der Waals surface area contributed by atoms with Crippen LogP contribution in [0.25, 0.3) is 11.0 Å². The summed E-state index contributed by atoms with van der Waals surface area (Å²) in [4.78, 5) is 29.6. The van der Waals surface area contributed by atoms with Crippen LogP contribution in [-0.4, -0.2) is 13.0 Å². The Balaban J connectivity index is 1.51. The van der Waals surface area contributed by atoms with Gasteiger partial charge in [0, 0.05) is 11.8 Å². The lowest BCUT2D eigenvalue weighted by molar-refractivity contribution is 0.0971. The molecule has 4 aromatic carbocycles. The lowest BCUT2D eigenvalue weighted by Gasteiger charge is -2.26. The van der Waals surface area contributed by atoms with Gasteiger partial charge in [0.2, 0.25) is 5.76 Å². The molecular weight excluding hydrogens is 490 g/mol. The maximum absolute atomic E-state index is 14.0. The number of methoxy groups -OCH3 is 1. The van der Waals surface area contributed by atoms with Gasteiger partial charge in [-0.15, -0.1) is 0 Å². The third-order valence-electron chi connectivity index (χ3n) is 7.24. The van der Waals surface area contributed by atoms with Crippen LogP contribution >= 0.6 is 0 Å². The van der Waals surface area contributed by atoms with E-state index >= 15 is 0 Å². The first-order valence-corrected chi connectivity index (χ1v) is 12.8. The number of aryl methyl sites for hydroxylation is 2. The fraction of sp³-hybridized carbons (Fsp3) is 0.152. The van der Waals surface area contributed by atoms with Crippen molar-refractivity contribution in [2.45, 2.75) is 26.5 Å². The van der Waals surface area contributed by atoms with Gasteiger partial charge in [-0.2, -0.15) is 0 Å². The Morgan fingerprint density at radius 2 is 1.56 bits per heavy atom. The minimum atomic E-state index is -0.706. The summed E-state index contributed by atoms with van der Waals surface area (Å²) >= 11 is 0. The van der Waals surface area contributed by atoms with Crippen molar-refractivity contribution in [2.75, 3.05) is 12.0 Å². The van der Waals surface area contributed by atoms with Crippen molar-refractivity contribution in [1.29, 1.82) is 0 Å². The first kappa shape index (κ1) is 24.5. The van der Waals surface area contributed by atoms with Gasteiger partial charge in [0.1, 0.15) is 23.7 Å². The van der Waals surface area contributed by atoms with Crippen molar-refractivity contribution in [1.82, 2.24) is 0 Å². The Morgan fingerprint density at radius 3 is 2.36 bits per heavy atom. The molecule has 1 amide bonds. The molecule has 1 aliphatic heterocycles. The second-order valence-electron chi connectivity index (χ2n) is 9.73. The molecule has 6 rings (SSSR count). The first-order valence-electron chi connectivity index (χ1n) is 12.8. The largest absolute Gasteiger partial charge is 0.497 e. The van der Waals surface area contributed by atoms with Gasteiger partial charge in [0.15, 0.2) is 5.43 Å². The first-order chi connectivity index (χ1) is 18.9. The molecule has 0 N–H and O–H groups in total. The van der Waals surface area contributed by atoms with Crippen LogP contribution in [0.4, 0.5) is 5.69 Å². The van der Waals surface area contributed by atoms with Crippen molar-refractivity contribution in [3.05, 3.63) is 135 Å². The molecule has 0 saturated carbocycles. The number of nitrogens with zero attached hydrogens (tertiary/aromatic N) is 1. The fourth-order valence-electron chi connectivity index (χ4n) is 5.09. The van der Waals surface area contributed by atoms with Crippen LogP contribution in [0.5, 0.6) is 11.5 Å². The van der Waals surface area contributed by atoms with E-state index < -0.39 is 6.04 Å². The molecule has 39 heavy (non-hydrogen) atoms. The highest BCUT2D eigenvalue weighted by atomic mass is 16.5. The van der Waals surface area contributed by atoms with Gasteiger partial charge >= 0.3 is 0 Å². The molecule has 2 heterocycles. The van der Waals surface area contributed by atoms with Gasteiger partial charge in [-0.25, -0.2) is 0 Å². The van der Waals surface area contributed by atoms with E-state index in [-0.39, 0.29) is 17.1 Å². The summed E-state index contributed by atoms with van der Waals surface area (Å²) in [6, 6.07) is 27.6. The van der Waals surface area contributed by atoms with Gasteiger partial charge in [-0.05, 0) is 72.5 Å². The molecule has 6 nitrogen and oxygen atoms in total. The summed E-state index contributed by atoms with van der Waals surface area (Å²) in [7, 11) is 1.58. The van der Waals surface area contributed by atoms with Crippen LogP contribution in [0, 0.1) is 13.8 Å². The summed E-state index contributed by atoms with van der Waals surface area (Å²) < 4.78 is 17.7. The smallest absolute Gasteiger partial charge is 0.295 e. The van der Waals surface area contributed by atoms with E-state index in [1.54, 1.807) is 18.1 Å². The lowest BCUT2D eigenvalue weighted by atomic mass is 9.97. The van der Waals surface area contributed by atoms with Crippen molar-refractivity contribution in [2.24, 2.45) is 0 Å². The van der Waals surface area contributed by atoms with Crippen LogP contribution in [0.1, 0.15) is 44.4 Å². The zero-order valence-electron chi connectivity index (χ0n) is 21.9. The third-order valence-corrected chi connectivity index (χ3v) is 7.24. The number of rotatable bonds is 6. The molecule has 0 bridgehead atoms. The van der Waals surface area contributed by atoms with Crippen molar-refractivity contribution in [3.8, 4) is 11.5 Å². The summed E-state index contributed by atoms with van der Waals surface area (Å²) in [5.41, 5.74) is 4.86. The van der Waals surface area contributed by atoms with E-state index in [0.29, 0.717) is 40.3 Å². The summed E-state index contributed by atoms with van der Waals surface area (Å²) in [5.74, 6) is 0.917. The highest BCUT2D eigenvalue weighted by molar-refractivity contribution is 6.10. The van der Waals surface area contributed by atoms with Gasteiger partial charge < -0.3 is 13.9 Å². The standard InChI is InChI=1S/C33H27NO5/c1-20-15-27-28(16-21(20)2)39-32-29(31(27)35)30(34(33(32)36)24-12-8-13-25(18-24)37-3)23-11-7-14-26(17-23)38-19-22-9-5-4-6-10-22/h4-18,30H,19H2,1-3H3. The minimum absolute atomic E-state index is 0.0548. The van der Waals surface area contributed by atoms with Crippen LogP contribution < -0.4 is 19.8 Å². The zero-order chi connectivity index (χ0) is 27.1. The number of amides is 1. The molecule has 0 fully saturated rings. The topological polar surface area (TPSA) is 69.0 Å². The highest BCUT2D eigenvalue weighted by Crippen LogP contribution is 2.42. The van der Waals surface area contributed by atoms with Gasteiger partial charge in [0.05, 0.1) is 24.1 Å². The predicted molar refractivity (Wildman–Crippen MR) is 151 cm³/mol. The number of benzene rings is 4. The Labute approximate surface area is 226 Å². The molecule has 0 spiro atoms. The van der Waals surface area contributed by atoms with Crippen molar-refractivity contribution in [3.63, 3.8) is 0 Å². The molecule has 5 aromatic rings. The fourth-order valence-corrected chi connectivity index (χ4v) is 5.09. The van der Waals surface area contributed by atoms with E-state index in [4.69, 9.17) is 13.9 Å². The summed E-state index contributed by atoms with van der Waals surface area (Å²) in [6.07, 6.45) is 0. The number of anilines is 1. The van der Waals surface area contributed by atoms with Gasteiger partial charge in [-0.3, -0.25) is 14.5 Å². The van der Waals surface area contributed by atoms with E-state index in [0.717, 1.165) is 22.3 Å². The minimum Gasteiger partial charge on any atom is -0.497 e. The maximum atomic E-state index is 14.0. The monoisotopic (exact) mass is 517 g/mol. The molecule has 1 aliphatic rings. The average molecular weight is 518 g/mol. The summed E-state index contributed by atoms with van der Waals surface area (Å²) in [5, 5.41) is 0.457. The second-order valence-corrected chi connectivity index (χ2v) is 9.73. The van der Waals surface area contributed by atoms with Crippen LogP contribution in [0.3, 0.4) is 0 Å². The number of hydrogen-bond acceptors (Lipinski definition) is 5. The second kappa shape index (κ2) is 9.80. The van der Waals surface area contributed by atoms with E-state index in [1.807, 2.05) is 98.8 Å². The number of hydrogen-bond donors (Lipinski definition) is 0. The normalized spacial score (nSPS) is 14.5. The summed E-state index contributed by atoms with van der Waals surface area (Å²) in [6.45, 7) is 4.31. The van der Waals surface area contributed by atoms with E-state index in [1.165, 1.54) is 0 Å². The predicted octanol–water partition coefficient (Wildman–Crippen LogP) is 6.75. The molecule has 0 saturated heterocycles. The van der Waals surface area contributed by atoms with Gasteiger partial charge in [0.25, 0.3) is 5.91 Å². The SMILES string of the molecule is COc1cccc(N2C(=O)c3oc4cc(C)c(C)cc4c(=O)c3C2c2cccc(OCc3ccccc3)c2)c1. The lowest BCUT2D eigenvalue weighted by Crippen LogP contribution is -2.29. The van der Waals surface area contributed by atoms with E-state index in [9.17, 15) is 9.59 Å². The Hall–Kier alpha value is -4.84. The number of carbonyl (C=O) groups excluding carboxylic acids is 1. The Kier molecular flexibility index (Phi) is 6.15. The average Bonchev–Trinajstić information content (AvgIpc) is 3.26. The Morgan fingerprint density at radius 1 is 0.821 bits per heavy atom.